The molecule has 1 aromatic rings. The molecule has 110 valence electrons. The van der Waals surface area contributed by atoms with Crippen molar-refractivity contribution in [2.24, 2.45) is 5.73 Å². The molecule has 2 N–H and O–H groups in total. The van der Waals surface area contributed by atoms with E-state index in [-0.39, 0.29) is 5.91 Å². The van der Waals surface area contributed by atoms with Crippen LogP contribution < -0.4 is 10.5 Å². The maximum absolute atomic E-state index is 11.5. The molecular formula is C14H21N3O2S. The molecule has 0 aromatic heterocycles. The molecule has 0 saturated carbocycles. The molecule has 1 rings (SSSR count). The number of nitrogens with two attached hydrogens (primary N) is 1. The molecule has 0 bridgehead atoms. The second-order valence-corrected chi connectivity index (χ2v) is 5.17. The van der Waals surface area contributed by atoms with Gasteiger partial charge < -0.3 is 15.4 Å². The zero-order valence-corrected chi connectivity index (χ0v) is 12.9. The summed E-state index contributed by atoms with van der Waals surface area (Å²) < 4.78 is 5.68. The Morgan fingerprint density at radius 3 is 2.55 bits per heavy atom. The molecule has 1 aromatic carbocycles. The lowest BCUT2D eigenvalue weighted by atomic mass is 10.2. The van der Waals surface area contributed by atoms with E-state index in [2.05, 4.69) is 0 Å². The van der Waals surface area contributed by atoms with E-state index in [0.29, 0.717) is 30.4 Å². The van der Waals surface area contributed by atoms with Gasteiger partial charge in [0, 0.05) is 20.6 Å². The Kier molecular flexibility index (Phi) is 6.41. The first-order valence-electron chi connectivity index (χ1n) is 6.32. The fraction of sp³-hybridized carbons (Fsp3) is 0.429. The largest absolute Gasteiger partial charge is 0.492 e. The van der Waals surface area contributed by atoms with Gasteiger partial charge in [-0.25, -0.2) is 0 Å². The molecule has 0 aliphatic rings. The topological polar surface area (TPSA) is 58.8 Å². The maximum atomic E-state index is 11.5. The van der Waals surface area contributed by atoms with E-state index < -0.39 is 0 Å². The molecule has 20 heavy (non-hydrogen) atoms. The van der Waals surface area contributed by atoms with E-state index in [1.54, 1.807) is 19.0 Å². The maximum Gasteiger partial charge on any atom is 0.236 e. The highest BCUT2D eigenvalue weighted by Crippen LogP contribution is 2.17. The lowest BCUT2D eigenvalue weighted by molar-refractivity contribution is -0.129. The van der Waals surface area contributed by atoms with Crippen LogP contribution in [0.2, 0.25) is 0 Å². The molecule has 5 nitrogen and oxygen atoms in total. The summed E-state index contributed by atoms with van der Waals surface area (Å²) in [6.07, 6.45) is 0. The molecule has 0 atom stereocenters. The van der Waals surface area contributed by atoms with Crippen molar-refractivity contribution >= 4 is 23.1 Å². The Bertz CT molecular complexity index is 477. The van der Waals surface area contributed by atoms with Crippen LogP contribution >= 0.6 is 12.2 Å². The average molecular weight is 295 g/mol. The van der Waals surface area contributed by atoms with Gasteiger partial charge >= 0.3 is 0 Å². The summed E-state index contributed by atoms with van der Waals surface area (Å²) in [5.74, 6) is 0.739. The summed E-state index contributed by atoms with van der Waals surface area (Å²) in [5, 5.41) is 0. The number of hydrogen-bond acceptors (Lipinski definition) is 4. The number of thiocarbonyl (C=S) groups is 1. The highest BCUT2D eigenvalue weighted by Gasteiger charge is 2.09. The van der Waals surface area contributed by atoms with Gasteiger partial charge in [0.25, 0.3) is 0 Å². The number of nitrogens with zero attached hydrogens (tertiary/aromatic N) is 2. The van der Waals surface area contributed by atoms with E-state index in [0.717, 1.165) is 5.56 Å². The van der Waals surface area contributed by atoms with Crippen molar-refractivity contribution in [1.82, 2.24) is 9.80 Å². The monoisotopic (exact) mass is 295 g/mol. The van der Waals surface area contributed by atoms with Crippen LogP contribution in [0.3, 0.4) is 0 Å². The first-order valence-corrected chi connectivity index (χ1v) is 6.73. The molecule has 0 saturated heterocycles. The summed E-state index contributed by atoms with van der Waals surface area (Å²) in [4.78, 5) is 15.3. The molecule has 0 heterocycles. The Balaban J connectivity index is 2.45. The normalized spacial score (nSPS) is 10.4. The lowest BCUT2D eigenvalue weighted by Gasteiger charge is -2.19. The Labute approximate surface area is 125 Å². The van der Waals surface area contributed by atoms with Crippen molar-refractivity contribution in [1.29, 1.82) is 0 Å². The number of carbonyl (C=O) groups is 1. The van der Waals surface area contributed by atoms with Crippen molar-refractivity contribution in [2.45, 2.75) is 0 Å². The standard InChI is InChI=1S/C14H21N3O2S/c1-16(2)13(18)10-17(3)8-9-19-12-7-5-4-6-11(12)14(15)20/h4-7H,8-10H2,1-3H3,(H2,15,20). The van der Waals surface area contributed by atoms with Crippen molar-refractivity contribution in [3.63, 3.8) is 0 Å². The summed E-state index contributed by atoms with van der Waals surface area (Å²) in [5.41, 5.74) is 6.37. The molecule has 0 aliphatic heterocycles. The lowest BCUT2D eigenvalue weighted by Crippen LogP contribution is -2.36. The van der Waals surface area contributed by atoms with E-state index in [1.165, 1.54) is 0 Å². The molecule has 0 fully saturated rings. The molecule has 6 heteroatoms. The number of para-hydroxylation sites is 1. The molecule has 1 amide bonds. The van der Waals surface area contributed by atoms with Crippen LogP contribution in [0.25, 0.3) is 0 Å². The van der Waals surface area contributed by atoms with Crippen LogP contribution in [0.1, 0.15) is 5.56 Å². The van der Waals surface area contributed by atoms with Crippen molar-refractivity contribution < 1.29 is 9.53 Å². The van der Waals surface area contributed by atoms with E-state index in [9.17, 15) is 4.79 Å². The van der Waals surface area contributed by atoms with Crippen LogP contribution in [0.4, 0.5) is 0 Å². The second kappa shape index (κ2) is 7.81. The van der Waals surface area contributed by atoms with Crippen LogP contribution in [0, 0.1) is 0 Å². The number of rotatable bonds is 7. The summed E-state index contributed by atoms with van der Waals surface area (Å²) in [6, 6.07) is 7.40. The summed E-state index contributed by atoms with van der Waals surface area (Å²) >= 11 is 4.97. The van der Waals surface area contributed by atoms with E-state index in [1.807, 2.05) is 36.2 Å². The highest BCUT2D eigenvalue weighted by molar-refractivity contribution is 7.80. The number of benzene rings is 1. The molecule has 0 radical (unpaired) electrons. The zero-order valence-electron chi connectivity index (χ0n) is 12.1. The number of hydrogen-bond donors (Lipinski definition) is 1. The third-order valence-electron chi connectivity index (χ3n) is 2.79. The quantitative estimate of drug-likeness (QED) is 0.751. The smallest absolute Gasteiger partial charge is 0.236 e. The predicted molar refractivity (Wildman–Crippen MR) is 84.0 cm³/mol. The van der Waals surface area contributed by atoms with Gasteiger partial charge in [0.2, 0.25) is 5.91 Å². The summed E-state index contributed by atoms with van der Waals surface area (Å²) in [6.45, 7) is 1.48. The van der Waals surface area contributed by atoms with Gasteiger partial charge in [-0.1, -0.05) is 24.4 Å². The molecular weight excluding hydrogens is 274 g/mol. The first kappa shape index (κ1) is 16.4. The Hall–Kier alpha value is -1.66. The first-order chi connectivity index (χ1) is 9.41. The van der Waals surface area contributed by atoms with Crippen LogP contribution in [0.5, 0.6) is 5.75 Å². The van der Waals surface area contributed by atoms with Gasteiger partial charge in [-0.3, -0.25) is 9.69 Å². The van der Waals surface area contributed by atoms with Crippen molar-refractivity contribution in [3.05, 3.63) is 29.8 Å². The molecule has 0 unspecified atom stereocenters. The minimum Gasteiger partial charge on any atom is -0.492 e. The van der Waals surface area contributed by atoms with E-state index in [4.69, 9.17) is 22.7 Å². The summed E-state index contributed by atoms with van der Waals surface area (Å²) in [7, 11) is 5.36. The van der Waals surface area contributed by atoms with Gasteiger partial charge in [0.15, 0.2) is 0 Å². The van der Waals surface area contributed by atoms with Gasteiger partial charge in [0.1, 0.15) is 17.3 Å². The van der Waals surface area contributed by atoms with Crippen LogP contribution in [-0.2, 0) is 4.79 Å². The Morgan fingerprint density at radius 1 is 1.30 bits per heavy atom. The zero-order chi connectivity index (χ0) is 15.1. The van der Waals surface area contributed by atoms with E-state index >= 15 is 0 Å². The van der Waals surface area contributed by atoms with Crippen molar-refractivity contribution in [3.8, 4) is 5.75 Å². The number of carbonyl (C=O) groups excluding carboxylic acids is 1. The Morgan fingerprint density at radius 2 is 1.95 bits per heavy atom. The fourth-order valence-corrected chi connectivity index (χ4v) is 1.73. The van der Waals surface area contributed by atoms with Gasteiger partial charge in [-0.2, -0.15) is 0 Å². The number of likely N-dealkylation sites (N-methyl/N-ethyl adjacent to an activating group) is 2. The minimum atomic E-state index is 0.0658. The second-order valence-electron chi connectivity index (χ2n) is 4.73. The minimum absolute atomic E-state index is 0.0658. The van der Waals surface area contributed by atoms with Gasteiger partial charge in [-0.15, -0.1) is 0 Å². The third-order valence-corrected chi connectivity index (χ3v) is 3.01. The van der Waals surface area contributed by atoms with Crippen LogP contribution in [0.15, 0.2) is 24.3 Å². The fourth-order valence-electron chi connectivity index (χ4n) is 1.56. The van der Waals surface area contributed by atoms with Gasteiger partial charge in [-0.05, 0) is 19.2 Å². The number of ether oxygens (including phenoxy) is 1. The van der Waals surface area contributed by atoms with Crippen molar-refractivity contribution in [2.75, 3.05) is 40.8 Å². The SMILES string of the molecule is CN(CCOc1ccccc1C(N)=S)CC(=O)N(C)C. The highest BCUT2D eigenvalue weighted by atomic mass is 32.1. The molecule has 0 spiro atoms. The third kappa shape index (κ3) is 5.14. The average Bonchev–Trinajstić information content (AvgIpc) is 2.38. The predicted octanol–water partition coefficient (Wildman–Crippen LogP) is 0.720. The van der Waals surface area contributed by atoms with Crippen LogP contribution in [-0.4, -0.2) is 61.5 Å². The number of amides is 1. The molecule has 0 aliphatic carbocycles. The van der Waals surface area contributed by atoms with Gasteiger partial charge in [0.05, 0.1) is 12.1 Å².